The molecule has 0 aliphatic carbocycles. The number of aromatic carboxylic acids is 1. The number of sulfonamides is 1. The number of hydrogen-bond acceptors (Lipinski definition) is 3. The van der Waals surface area contributed by atoms with Crippen molar-refractivity contribution in [2.75, 3.05) is 14.1 Å². The molecule has 0 amide bonds. The van der Waals surface area contributed by atoms with Crippen molar-refractivity contribution in [2.45, 2.75) is 4.90 Å². The van der Waals surface area contributed by atoms with E-state index in [1.54, 1.807) is 0 Å². The summed E-state index contributed by atoms with van der Waals surface area (Å²) in [5, 5.41) is 8.84. The predicted octanol–water partition coefficient (Wildman–Crippen LogP) is 1.29. The molecule has 0 aromatic heterocycles. The molecule has 0 aliphatic heterocycles. The van der Waals surface area contributed by atoms with Gasteiger partial charge in [-0.3, -0.25) is 0 Å². The van der Waals surface area contributed by atoms with Crippen LogP contribution in [0.15, 0.2) is 23.1 Å². The van der Waals surface area contributed by atoms with Gasteiger partial charge in [-0.1, -0.05) is 11.6 Å². The number of halogens is 1. The number of nitrogens with zero attached hydrogens (tertiary/aromatic N) is 1. The zero-order valence-corrected chi connectivity index (χ0v) is 10.2. The van der Waals surface area contributed by atoms with E-state index >= 15 is 0 Å². The maximum atomic E-state index is 11.7. The van der Waals surface area contributed by atoms with E-state index in [1.165, 1.54) is 26.2 Å². The van der Waals surface area contributed by atoms with Gasteiger partial charge in [-0.05, 0) is 18.2 Å². The molecule has 0 heterocycles. The van der Waals surface area contributed by atoms with Crippen LogP contribution in [0.4, 0.5) is 0 Å². The summed E-state index contributed by atoms with van der Waals surface area (Å²) < 4.78 is 24.5. The molecule has 0 fully saturated rings. The van der Waals surface area contributed by atoms with Gasteiger partial charge in [-0.25, -0.2) is 17.5 Å². The molecule has 1 aromatic rings. The average molecular weight is 264 g/mol. The van der Waals surface area contributed by atoms with Gasteiger partial charge >= 0.3 is 5.97 Å². The first-order valence-corrected chi connectivity index (χ1v) is 6.03. The van der Waals surface area contributed by atoms with E-state index in [-0.39, 0.29) is 15.5 Å². The summed E-state index contributed by atoms with van der Waals surface area (Å²) in [6, 6.07) is 3.48. The number of carboxylic acid groups (broad SMARTS) is 1. The Balaban J connectivity index is 3.42. The summed E-state index contributed by atoms with van der Waals surface area (Å²) >= 11 is 5.66. The number of carbonyl (C=O) groups is 1. The molecular formula is C9H10ClNO4S. The second kappa shape index (κ2) is 4.40. The third-order valence-corrected chi connectivity index (χ3v) is 3.91. The summed E-state index contributed by atoms with van der Waals surface area (Å²) in [4.78, 5) is 10.6. The minimum absolute atomic E-state index is 0.0697. The zero-order chi connectivity index (χ0) is 12.5. The van der Waals surface area contributed by atoms with Crippen LogP contribution in [0.3, 0.4) is 0 Å². The van der Waals surface area contributed by atoms with Crippen LogP contribution in [0.2, 0.25) is 5.02 Å². The van der Waals surface area contributed by atoms with Gasteiger partial charge in [0.1, 0.15) is 0 Å². The molecule has 0 bridgehead atoms. The van der Waals surface area contributed by atoms with Crippen LogP contribution >= 0.6 is 11.6 Å². The molecule has 1 N–H and O–H groups in total. The van der Waals surface area contributed by atoms with Crippen LogP contribution in [0.1, 0.15) is 10.4 Å². The van der Waals surface area contributed by atoms with Crippen molar-refractivity contribution in [1.82, 2.24) is 4.31 Å². The molecule has 0 unspecified atom stereocenters. The Morgan fingerprint density at radius 1 is 1.31 bits per heavy atom. The lowest BCUT2D eigenvalue weighted by Gasteiger charge is -2.11. The van der Waals surface area contributed by atoms with Crippen LogP contribution < -0.4 is 0 Å². The Morgan fingerprint density at radius 2 is 1.88 bits per heavy atom. The quantitative estimate of drug-likeness (QED) is 0.892. The molecule has 0 saturated heterocycles. The predicted molar refractivity (Wildman–Crippen MR) is 59.3 cm³/mol. The summed E-state index contributed by atoms with van der Waals surface area (Å²) in [6.07, 6.45) is 0. The van der Waals surface area contributed by atoms with Crippen molar-refractivity contribution in [3.8, 4) is 0 Å². The molecule has 0 radical (unpaired) electrons. The number of carboxylic acids is 1. The van der Waals surface area contributed by atoms with Gasteiger partial charge in [0, 0.05) is 19.1 Å². The van der Waals surface area contributed by atoms with Gasteiger partial charge < -0.3 is 5.11 Å². The topological polar surface area (TPSA) is 74.7 Å². The standard InChI is InChI=1S/C9H10ClNO4S/c1-11(2)16(14,15)8-4-6(9(12)13)3-7(10)5-8/h3-5H,1-2H3,(H,12,13). The lowest BCUT2D eigenvalue weighted by atomic mass is 10.2. The highest BCUT2D eigenvalue weighted by molar-refractivity contribution is 7.89. The molecule has 0 saturated carbocycles. The minimum Gasteiger partial charge on any atom is -0.478 e. The van der Waals surface area contributed by atoms with Crippen molar-refractivity contribution < 1.29 is 18.3 Å². The van der Waals surface area contributed by atoms with E-state index in [0.29, 0.717) is 0 Å². The zero-order valence-electron chi connectivity index (χ0n) is 8.64. The first-order chi connectivity index (χ1) is 7.25. The Labute approximate surface area is 98.3 Å². The maximum Gasteiger partial charge on any atom is 0.335 e. The van der Waals surface area contributed by atoms with E-state index in [0.717, 1.165) is 10.4 Å². The molecular weight excluding hydrogens is 254 g/mol. The fourth-order valence-electron chi connectivity index (χ4n) is 1.05. The molecule has 5 nitrogen and oxygen atoms in total. The van der Waals surface area contributed by atoms with E-state index < -0.39 is 16.0 Å². The number of rotatable bonds is 3. The highest BCUT2D eigenvalue weighted by Crippen LogP contribution is 2.21. The Kier molecular flexibility index (Phi) is 3.57. The highest BCUT2D eigenvalue weighted by atomic mass is 35.5. The van der Waals surface area contributed by atoms with Gasteiger partial charge in [-0.15, -0.1) is 0 Å². The van der Waals surface area contributed by atoms with Crippen molar-refractivity contribution in [3.63, 3.8) is 0 Å². The molecule has 0 aliphatic rings. The summed E-state index contributed by atoms with van der Waals surface area (Å²) in [7, 11) is -0.954. The summed E-state index contributed by atoms with van der Waals surface area (Å²) in [6.45, 7) is 0. The van der Waals surface area contributed by atoms with Gasteiger partial charge in [0.05, 0.1) is 10.5 Å². The van der Waals surface area contributed by atoms with Crippen LogP contribution in [0.25, 0.3) is 0 Å². The SMILES string of the molecule is CN(C)S(=O)(=O)c1cc(Cl)cc(C(=O)O)c1. The van der Waals surface area contributed by atoms with Crippen LogP contribution in [0.5, 0.6) is 0 Å². The fraction of sp³-hybridized carbons (Fsp3) is 0.222. The van der Waals surface area contributed by atoms with Gasteiger partial charge in [0.15, 0.2) is 0 Å². The van der Waals surface area contributed by atoms with Gasteiger partial charge in [0.25, 0.3) is 0 Å². The monoisotopic (exact) mass is 263 g/mol. The molecule has 88 valence electrons. The van der Waals surface area contributed by atoms with E-state index in [1.807, 2.05) is 0 Å². The van der Waals surface area contributed by atoms with Gasteiger partial charge in [-0.2, -0.15) is 0 Å². The molecule has 16 heavy (non-hydrogen) atoms. The van der Waals surface area contributed by atoms with Crippen molar-refractivity contribution in [2.24, 2.45) is 0 Å². The fourth-order valence-corrected chi connectivity index (χ4v) is 2.32. The van der Waals surface area contributed by atoms with Crippen molar-refractivity contribution in [3.05, 3.63) is 28.8 Å². The molecule has 7 heteroatoms. The first kappa shape index (κ1) is 13.0. The number of hydrogen-bond donors (Lipinski definition) is 1. The Morgan fingerprint density at radius 3 is 2.31 bits per heavy atom. The van der Waals surface area contributed by atoms with E-state index in [4.69, 9.17) is 16.7 Å². The molecule has 0 atom stereocenters. The molecule has 1 rings (SSSR count). The Bertz CT molecular complexity index is 524. The average Bonchev–Trinajstić information content (AvgIpc) is 2.16. The largest absolute Gasteiger partial charge is 0.478 e. The van der Waals surface area contributed by atoms with Gasteiger partial charge in [0.2, 0.25) is 10.0 Å². The Hall–Kier alpha value is -1.11. The van der Waals surface area contributed by atoms with Crippen LogP contribution in [0, 0.1) is 0 Å². The normalized spacial score (nSPS) is 11.8. The van der Waals surface area contributed by atoms with Crippen molar-refractivity contribution in [1.29, 1.82) is 0 Å². The first-order valence-electron chi connectivity index (χ1n) is 4.21. The van der Waals surface area contributed by atoms with Crippen LogP contribution in [-0.2, 0) is 10.0 Å². The lowest BCUT2D eigenvalue weighted by Crippen LogP contribution is -2.22. The summed E-state index contributed by atoms with van der Waals surface area (Å²) in [5.41, 5.74) is -0.159. The molecule has 0 spiro atoms. The van der Waals surface area contributed by atoms with E-state index in [9.17, 15) is 13.2 Å². The lowest BCUT2D eigenvalue weighted by molar-refractivity contribution is 0.0696. The second-order valence-electron chi connectivity index (χ2n) is 3.27. The maximum absolute atomic E-state index is 11.7. The second-order valence-corrected chi connectivity index (χ2v) is 5.86. The molecule has 1 aromatic carbocycles. The van der Waals surface area contributed by atoms with E-state index in [2.05, 4.69) is 0 Å². The third-order valence-electron chi connectivity index (χ3n) is 1.90. The highest BCUT2D eigenvalue weighted by Gasteiger charge is 2.19. The van der Waals surface area contributed by atoms with Crippen molar-refractivity contribution >= 4 is 27.6 Å². The third kappa shape index (κ3) is 2.52. The smallest absolute Gasteiger partial charge is 0.335 e. The van der Waals surface area contributed by atoms with Crippen LogP contribution in [-0.4, -0.2) is 37.9 Å². The minimum atomic E-state index is -3.67. The summed E-state index contributed by atoms with van der Waals surface area (Å²) in [5.74, 6) is -1.22. The number of benzene rings is 1.